The Bertz CT molecular complexity index is 1480. The molecule has 2 aromatic carbocycles. The molecule has 3 aromatic rings. The van der Waals surface area contributed by atoms with Crippen molar-refractivity contribution in [3.63, 3.8) is 0 Å². The van der Waals surface area contributed by atoms with Crippen LogP contribution in [0.25, 0.3) is 5.69 Å². The van der Waals surface area contributed by atoms with E-state index in [0.29, 0.717) is 30.2 Å². The van der Waals surface area contributed by atoms with E-state index in [1.807, 2.05) is 52.8 Å². The van der Waals surface area contributed by atoms with Gasteiger partial charge in [0.2, 0.25) is 11.8 Å². The standard InChI is InChI=1S/C31H36F2N4O3S/c1-18-8-6-10-24(19(18)2)37-30-27(29(35-37)31(3,4)5)28(22-12-11-20(32)14-23(22)33)41-17-26(39)36(30)16-25(38)34-15-21-9-7-13-40-21/h6,8,10-12,14,21,28H,7,9,13,15-17H2,1-5H3,(H,34,38)/t21-,28+/m1/s1. The van der Waals surface area contributed by atoms with E-state index in [4.69, 9.17) is 9.84 Å². The molecule has 0 saturated carbocycles. The fourth-order valence-electron chi connectivity index (χ4n) is 5.40. The summed E-state index contributed by atoms with van der Waals surface area (Å²) in [5.41, 5.74) is 3.86. The monoisotopic (exact) mass is 582 g/mol. The van der Waals surface area contributed by atoms with Crippen molar-refractivity contribution in [1.29, 1.82) is 0 Å². The van der Waals surface area contributed by atoms with Gasteiger partial charge in [-0.15, -0.1) is 11.8 Å². The maximum atomic E-state index is 15.3. The number of fused-ring (bicyclic) bond motifs is 1. The minimum atomic E-state index is -0.692. The van der Waals surface area contributed by atoms with E-state index in [9.17, 15) is 14.0 Å². The van der Waals surface area contributed by atoms with Crippen molar-refractivity contribution in [2.24, 2.45) is 0 Å². The van der Waals surface area contributed by atoms with Gasteiger partial charge in [0.1, 0.15) is 24.0 Å². The van der Waals surface area contributed by atoms with Gasteiger partial charge in [-0.3, -0.25) is 14.5 Å². The molecule has 2 atom stereocenters. The van der Waals surface area contributed by atoms with Crippen molar-refractivity contribution in [2.75, 3.05) is 30.3 Å². The average molecular weight is 583 g/mol. The van der Waals surface area contributed by atoms with Gasteiger partial charge in [0.15, 0.2) is 0 Å². The highest BCUT2D eigenvalue weighted by atomic mass is 32.2. The van der Waals surface area contributed by atoms with Crippen LogP contribution in [0.1, 0.15) is 66.8 Å². The molecule has 7 nitrogen and oxygen atoms in total. The van der Waals surface area contributed by atoms with Crippen molar-refractivity contribution < 1.29 is 23.1 Å². The zero-order valence-corrected chi connectivity index (χ0v) is 24.9. The Labute approximate surface area is 243 Å². The zero-order valence-electron chi connectivity index (χ0n) is 24.1. The summed E-state index contributed by atoms with van der Waals surface area (Å²) in [6.45, 7) is 10.8. The Morgan fingerprint density at radius 1 is 1.20 bits per heavy atom. The van der Waals surface area contributed by atoms with Crippen LogP contribution in [0.2, 0.25) is 0 Å². The molecule has 1 fully saturated rings. The SMILES string of the molecule is Cc1cccc(-n2nc(C(C)(C)C)c3c2N(CC(=O)NC[C@H]2CCCO2)C(=O)CS[C@H]3c2ccc(F)cc2F)c1C. The zero-order chi connectivity index (χ0) is 29.5. The Balaban J connectivity index is 1.70. The number of nitrogens with one attached hydrogen (secondary N) is 1. The first kappa shape index (κ1) is 29.3. The summed E-state index contributed by atoms with van der Waals surface area (Å²) in [5, 5.41) is 7.33. The van der Waals surface area contributed by atoms with E-state index in [-0.39, 0.29) is 35.8 Å². The number of anilines is 1. The largest absolute Gasteiger partial charge is 0.376 e. The average Bonchev–Trinajstić information content (AvgIpc) is 3.54. The van der Waals surface area contributed by atoms with Crippen molar-refractivity contribution in [2.45, 2.75) is 64.2 Å². The molecular weight excluding hydrogens is 546 g/mol. The number of thioether (sulfide) groups is 1. The number of hydrogen-bond donors (Lipinski definition) is 1. The number of ether oxygens (including phenoxy) is 1. The molecular formula is C31H36F2N4O3S. The van der Waals surface area contributed by atoms with E-state index in [1.165, 1.54) is 28.8 Å². The summed E-state index contributed by atoms with van der Waals surface area (Å²) in [6.07, 6.45) is 1.80. The Kier molecular flexibility index (Phi) is 8.25. The number of hydrogen-bond acceptors (Lipinski definition) is 5. The lowest BCUT2D eigenvalue weighted by atomic mass is 9.87. The summed E-state index contributed by atoms with van der Waals surface area (Å²) in [4.78, 5) is 28.5. The Hall–Kier alpha value is -3.24. The number of nitrogens with zero attached hydrogens (tertiary/aromatic N) is 3. The minimum Gasteiger partial charge on any atom is -0.376 e. The van der Waals surface area contributed by atoms with Gasteiger partial charge in [0.05, 0.1) is 28.5 Å². The normalized spacial score (nSPS) is 19.3. The first-order chi connectivity index (χ1) is 19.5. The fourth-order valence-corrected chi connectivity index (χ4v) is 6.62. The highest BCUT2D eigenvalue weighted by Crippen LogP contribution is 2.49. The molecule has 0 unspecified atom stereocenters. The maximum Gasteiger partial charge on any atom is 0.240 e. The van der Waals surface area contributed by atoms with Gasteiger partial charge >= 0.3 is 0 Å². The second-order valence-electron chi connectivity index (χ2n) is 11.7. The van der Waals surface area contributed by atoms with E-state index >= 15 is 4.39 Å². The lowest BCUT2D eigenvalue weighted by Crippen LogP contribution is -2.44. The van der Waals surface area contributed by atoms with Crippen molar-refractivity contribution >= 4 is 29.4 Å². The molecule has 2 aliphatic heterocycles. The molecule has 2 amide bonds. The first-order valence-corrected chi connectivity index (χ1v) is 15.0. The second kappa shape index (κ2) is 11.6. The van der Waals surface area contributed by atoms with Gasteiger partial charge in [0.25, 0.3) is 0 Å². The number of carbonyl (C=O) groups is 2. The van der Waals surface area contributed by atoms with Crippen LogP contribution in [0.5, 0.6) is 0 Å². The van der Waals surface area contributed by atoms with E-state index in [1.54, 1.807) is 4.68 Å². The summed E-state index contributed by atoms with van der Waals surface area (Å²) in [6, 6.07) is 9.37. The van der Waals surface area contributed by atoms with Gasteiger partial charge in [-0.1, -0.05) is 39.0 Å². The molecule has 0 spiro atoms. The van der Waals surface area contributed by atoms with Crippen LogP contribution in [0, 0.1) is 25.5 Å². The first-order valence-electron chi connectivity index (χ1n) is 13.9. The Morgan fingerprint density at radius 3 is 2.66 bits per heavy atom. The summed E-state index contributed by atoms with van der Waals surface area (Å²) in [5.74, 6) is -1.54. The summed E-state index contributed by atoms with van der Waals surface area (Å²) in [7, 11) is 0. The third kappa shape index (κ3) is 5.90. The Morgan fingerprint density at radius 2 is 1.98 bits per heavy atom. The fraction of sp³-hybridized carbons (Fsp3) is 0.452. The molecule has 0 bridgehead atoms. The lowest BCUT2D eigenvalue weighted by Gasteiger charge is -2.25. The molecule has 1 saturated heterocycles. The molecule has 2 aliphatic rings. The van der Waals surface area contributed by atoms with E-state index in [2.05, 4.69) is 5.32 Å². The second-order valence-corrected chi connectivity index (χ2v) is 12.8. The van der Waals surface area contributed by atoms with Crippen LogP contribution in [0.4, 0.5) is 14.6 Å². The topological polar surface area (TPSA) is 76.5 Å². The number of aryl methyl sites for hydroxylation is 1. The van der Waals surface area contributed by atoms with E-state index < -0.39 is 22.3 Å². The molecule has 5 rings (SSSR count). The number of benzene rings is 2. The summed E-state index contributed by atoms with van der Waals surface area (Å²) < 4.78 is 36.6. The molecule has 1 aromatic heterocycles. The third-order valence-corrected chi connectivity index (χ3v) is 8.94. The molecule has 0 radical (unpaired) electrons. The third-order valence-electron chi connectivity index (χ3n) is 7.70. The molecule has 218 valence electrons. The van der Waals surface area contributed by atoms with Crippen LogP contribution < -0.4 is 10.2 Å². The van der Waals surface area contributed by atoms with E-state index in [0.717, 1.165) is 35.7 Å². The van der Waals surface area contributed by atoms with Crippen LogP contribution in [-0.4, -0.2) is 53.1 Å². The molecule has 41 heavy (non-hydrogen) atoms. The quantitative estimate of drug-likeness (QED) is 0.414. The van der Waals surface area contributed by atoms with Gasteiger partial charge in [-0.25, -0.2) is 13.5 Å². The van der Waals surface area contributed by atoms with Crippen LogP contribution in [-0.2, 0) is 19.7 Å². The predicted octanol–water partition coefficient (Wildman–Crippen LogP) is 5.53. The number of amides is 2. The molecule has 10 heteroatoms. The number of aromatic nitrogens is 2. The molecule has 0 aliphatic carbocycles. The lowest BCUT2D eigenvalue weighted by molar-refractivity contribution is -0.123. The highest BCUT2D eigenvalue weighted by Gasteiger charge is 2.41. The van der Waals surface area contributed by atoms with Crippen LogP contribution in [0.15, 0.2) is 36.4 Å². The van der Waals surface area contributed by atoms with Crippen molar-refractivity contribution in [3.05, 3.63) is 76.0 Å². The smallest absolute Gasteiger partial charge is 0.240 e. The maximum absolute atomic E-state index is 15.3. The van der Waals surface area contributed by atoms with Crippen molar-refractivity contribution in [3.8, 4) is 5.69 Å². The van der Waals surface area contributed by atoms with Gasteiger partial charge in [-0.2, -0.15) is 5.10 Å². The predicted molar refractivity (Wildman–Crippen MR) is 157 cm³/mol. The molecule has 1 N–H and O–H groups in total. The van der Waals surface area contributed by atoms with Crippen LogP contribution in [0.3, 0.4) is 0 Å². The number of rotatable bonds is 6. The van der Waals surface area contributed by atoms with Gasteiger partial charge in [-0.05, 0) is 49.9 Å². The van der Waals surface area contributed by atoms with Crippen molar-refractivity contribution in [1.82, 2.24) is 15.1 Å². The van der Waals surface area contributed by atoms with Gasteiger partial charge < -0.3 is 10.1 Å². The van der Waals surface area contributed by atoms with Gasteiger partial charge in [0, 0.05) is 35.8 Å². The number of halogens is 2. The van der Waals surface area contributed by atoms with Crippen LogP contribution >= 0.6 is 11.8 Å². The summed E-state index contributed by atoms with van der Waals surface area (Å²) >= 11 is 1.26. The molecule has 3 heterocycles. The minimum absolute atomic E-state index is 0.00552. The highest BCUT2D eigenvalue weighted by molar-refractivity contribution is 8.00. The number of carbonyl (C=O) groups excluding carboxylic acids is 2.